The number of aromatic hydroxyl groups is 1. The second-order valence-corrected chi connectivity index (χ2v) is 2.31. The second kappa shape index (κ2) is 3.08. The maximum atomic E-state index is 10.7. The lowest BCUT2D eigenvalue weighted by Crippen LogP contribution is -2.08. The third kappa shape index (κ3) is 2.12. The summed E-state index contributed by atoms with van der Waals surface area (Å²) in [6.45, 7) is 0. The van der Waals surface area contributed by atoms with Gasteiger partial charge in [-0.25, -0.2) is 0 Å². The van der Waals surface area contributed by atoms with Crippen LogP contribution in [0.1, 0.15) is 5.56 Å². The quantitative estimate of drug-likeness (QED) is 0.567. The van der Waals surface area contributed by atoms with Crippen LogP contribution in [0.5, 0.6) is 5.88 Å². The molecule has 0 radical (unpaired) electrons. The number of hydrogen-bond acceptors (Lipinski definition) is 3. The van der Waals surface area contributed by atoms with E-state index in [1.165, 1.54) is 6.07 Å². The summed E-state index contributed by atoms with van der Waals surface area (Å²) in [4.78, 5) is 23.0. The van der Waals surface area contributed by atoms with Crippen LogP contribution in [-0.4, -0.2) is 21.2 Å². The van der Waals surface area contributed by atoms with Crippen molar-refractivity contribution in [2.24, 2.45) is 0 Å². The topological polar surface area (TPSA) is 90.4 Å². The van der Waals surface area contributed by atoms with Crippen LogP contribution in [0.2, 0.25) is 0 Å². The molecule has 0 atom stereocenters. The SMILES string of the molecule is O=C(O)Cc1cc(O)[nH]c(=O)c1. The van der Waals surface area contributed by atoms with Gasteiger partial charge in [0.25, 0.3) is 5.56 Å². The summed E-state index contributed by atoms with van der Waals surface area (Å²) in [5.41, 5.74) is -0.227. The van der Waals surface area contributed by atoms with Crippen LogP contribution in [0.25, 0.3) is 0 Å². The number of hydrogen-bond donors (Lipinski definition) is 3. The minimum atomic E-state index is -1.04. The van der Waals surface area contributed by atoms with E-state index in [0.717, 1.165) is 6.07 Å². The van der Waals surface area contributed by atoms with Gasteiger partial charge in [0, 0.05) is 12.1 Å². The maximum Gasteiger partial charge on any atom is 0.307 e. The van der Waals surface area contributed by atoms with Crippen LogP contribution in [0.3, 0.4) is 0 Å². The third-order valence-electron chi connectivity index (χ3n) is 1.25. The summed E-state index contributed by atoms with van der Waals surface area (Å²) in [6.07, 6.45) is -0.266. The van der Waals surface area contributed by atoms with Crippen molar-refractivity contribution in [1.29, 1.82) is 0 Å². The van der Waals surface area contributed by atoms with Gasteiger partial charge in [-0.2, -0.15) is 0 Å². The first-order chi connectivity index (χ1) is 5.58. The van der Waals surface area contributed by atoms with Crippen LogP contribution in [0.15, 0.2) is 16.9 Å². The summed E-state index contributed by atoms with van der Waals surface area (Å²) >= 11 is 0. The number of aromatic nitrogens is 1. The van der Waals surface area contributed by atoms with Crippen molar-refractivity contribution in [3.05, 3.63) is 28.0 Å². The first kappa shape index (κ1) is 8.32. The molecular weight excluding hydrogens is 162 g/mol. The average molecular weight is 169 g/mol. The second-order valence-electron chi connectivity index (χ2n) is 2.31. The Labute approximate surface area is 67.3 Å². The first-order valence-electron chi connectivity index (χ1n) is 3.22. The van der Waals surface area contributed by atoms with Gasteiger partial charge in [-0.05, 0) is 5.56 Å². The smallest absolute Gasteiger partial charge is 0.307 e. The van der Waals surface area contributed by atoms with Gasteiger partial charge in [-0.3, -0.25) is 14.6 Å². The molecule has 64 valence electrons. The number of carboxylic acid groups (broad SMARTS) is 1. The molecule has 0 unspecified atom stereocenters. The fourth-order valence-corrected chi connectivity index (χ4v) is 0.861. The zero-order chi connectivity index (χ0) is 9.14. The van der Waals surface area contributed by atoms with E-state index in [2.05, 4.69) is 4.98 Å². The lowest BCUT2D eigenvalue weighted by atomic mass is 10.2. The lowest BCUT2D eigenvalue weighted by molar-refractivity contribution is -0.136. The standard InChI is InChI=1S/C7H7NO4/c9-5-1-4(3-7(11)12)2-6(10)8-5/h1-2H,3H2,(H,11,12)(H2,8,9,10). The Morgan fingerprint density at radius 2 is 2.17 bits per heavy atom. The van der Waals surface area contributed by atoms with Gasteiger partial charge in [0.05, 0.1) is 6.42 Å². The first-order valence-corrected chi connectivity index (χ1v) is 3.22. The van der Waals surface area contributed by atoms with Crippen LogP contribution in [0, 0.1) is 0 Å². The summed E-state index contributed by atoms with van der Waals surface area (Å²) in [6, 6.07) is 2.34. The van der Waals surface area contributed by atoms with Gasteiger partial charge in [0.1, 0.15) is 0 Å². The molecule has 1 heterocycles. The predicted molar refractivity (Wildman–Crippen MR) is 40.1 cm³/mol. The molecule has 0 aromatic carbocycles. The molecule has 0 saturated heterocycles. The van der Waals surface area contributed by atoms with E-state index >= 15 is 0 Å². The van der Waals surface area contributed by atoms with Crippen LogP contribution in [0.4, 0.5) is 0 Å². The zero-order valence-electron chi connectivity index (χ0n) is 6.07. The van der Waals surface area contributed by atoms with Gasteiger partial charge in [0.2, 0.25) is 0 Å². The van der Waals surface area contributed by atoms with Crippen molar-refractivity contribution >= 4 is 5.97 Å². The average Bonchev–Trinajstić information content (AvgIpc) is 1.81. The van der Waals surface area contributed by atoms with Crippen LogP contribution < -0.4 is 5.56 Å². The molecule has 0 aliphatic carbocycles. The van der Waals surface area contributed by atoms with Crippen molar-refractivity contribution in [2.45, 2.75) is 6.42 Å². The highest BCUT2D eigenvalue weighted by Crippen LogP contribution is 2.04. The fraction of sp³-hybridized carbons (Fsp3) is 0.143. The predicted octanol–water partition coefficient (Wildman–Crippen LogP) is -0.292. The number of pyridine rings is 1. The Morgan fingerprint density at radius 1 is 1.50 bits per heavy atom. The Morgan fingerprint density at radius 3 is 2.67 bits per heavy atom. The Bertz CT molecular complexity index is 355. The van der Waals surface area contributed by atoms with E-state index in [1.807, 2.05) is 0 Å². The monoisotopic (exact) mass is 169 g/mol. The van der Waals surface area contributed by atoms with Crippen molar-refractivity contribution in [3.8, 4) is 5.88 Å². The minimum Gasteiger partial charge on any atom is -0.495 e. The number of H-pyrrole nitrogens is 1. The molecule has 3 N–H and O–H groups in total. The maximum absolute atomic E-state index is 10.7. The minimum absolute atomic E-state index is 0.266. The van der Waals surface area contributed by atoms with Gasteiger partial charge in [0.15, 0.2) is 5.88 Å². The molecule has 1 rings (SSSR count). The number of carbonyl (C=O) groups is 1. The highest BCUT2D eigenvalue weighted by atomic mass is 16.4. The molecular formula is C7H7NO4. The van der Waals surface area contributed by atoms with E-state index < -0.39 is 11.5 Å². The number of aliphatic carboxylic acids is 1. The Hall–Kier alpha value is -1.78. The molecule has 0 spiro atoms. The van der Waals surface area contributed by atoms with Crippen molar-refractivity contribution in [3.63, 3.8) is 0 Å². The van der Waals surface area contributed by atoms with Crippen molar-refractivity contribution in [1.82, 2.24) is 4.98 Å². The van der Waals surface area contributed by atoms with Gasteiger partial charge in [-0.1, -0.05) is 0 Å². The lowest BCUT2D eigenvalue weighted by Gasteiger charge is -1.96. The van der Waals surface area contributed by atoms with E-state index in [4.69, 9.17) is 10.2 Å². The Balaban J connectivity index is 3.01. The Kier molecular flexibility index (Phi) is 2.14. The molecule has 1 aromatic heterocycles. The number of rotatable bonds is 2. The normalized spacial score (nSPS) is 9.67. The molecule has 5 nitrogen and oxygen atoms in total. The van der Waals surface area contributed by atoms with Gasteiger partial charge < -0.3 is 10.2 Å². The van der Waals surface area contributed by atoms with E-state index in [1.54, 1.807) is 0 Å². The molecule has 0 fully saturated rings. The number of nitrogens with one attached hydrogen (secondary N) is 1. The molecule has 0 aliphatic heterocycles. The summed E-state index contributed by atoms with van der Waals surface area (Å²) < 4.78 is 0. The van der Waals surface area contributed by atoms with E-state index in [0.29, 0.717) is 0 Å². The van der Waals surface area contributed by atoms with Gasteiger partial charge in [-0.15, -0.1) is 0 Å². The highest BCUT2D eigenvalue weighted by molar-refractivity contribution is 5.70. The molecule has 5 heteroatoms. The van der Waals surface area contributed by atoms with E-state index in [-0.39, 0.29) is 17.9 Å². The largest absolute Gasteiger partial charge is 0.495 e. The third-order valence-corrected chi connectivity index (χ3v) is 1.25. The molecule has 0 amide bonds. The molecule has 0 aliphatic rings. The fourth-order valence-electron chi connectivity index (χ4n) is 0.861. The van der Waals surface area contributed by atoms with E-state index in [9.17, 15) is 9.59 Å². The summed E-state index contributed by atoms with van der Waals surface area (Å²) in [7, 11) is 0. The molecule has 0 saturated carbocycles. The zero-order valence-corrected chi connectivity index (χ0v) is 6.07. The molecule has 12 heavy (non-hydrogen) atoms. The van der Waals surface area contributed by atoms with Crippen molar-refractivity contribution < 1.29 is 15.0 Å². The number of aromatic amines is 1. The van der Waals surface area contributed by atoms with Crippen molar-refractivity contribution in [2.75, 3.05) is 0 Å². The van der Waals surface area contributed by atoms with Crippen LogP contribution >= 0.6 is 0 Å². The molecule has 1 aromatic rings. The highest BCUT2D eigenvalue weighted by Gasteiger charge is 2.02. The summed E-state index contributed by atoms with van der Waals surface area (Å²) in [5.74, 6) is -1.36. The molecule has 0 bridgehead atoms. The number of carboxylic acids is 1. The summed E-state index contributed by atoms with van der Waals surface area (Å²) in [5, 5.41) is 17.2. The van der Waals surface area contributed by atoms with Gasteiger partial charge >= 0.3 is 5.97 Å². The van der Waals surface area contributed by atoms with Crippen LogP contribution in [-0.2, 0) is 11.2 Å².